The van der Waals surface area contributed by atoms with Crippen LogP contribution < -0.4 is 10.1 Å². The van der Waals surface area contributed by atoms with Gasteiger partial charge < -0.3 is 10.1 Å². The van der Waals surface area contributed by atoms with Gasteiger partial charge in [-0.05, 0) is 60.2 Å². The second kappa shape index (κ2) is 6.00. The second-order valence-electron chi connectivity index (χ2n) is 5.28. The van der Waals surface area contributed by atoms with Crippen molar-refractivity contribution in [1.29, 1.82) is 0 Å². The summed E-state index contributed by atoms with van der Waals surface area (Å²) in [5, 5.41) is 3.45. The molecule has 2 aromatic rings. The van der Waals surface area contributed by atoms with Crippen molar-refractivity contribution < 1.29 is 4.74 Å². The van der Waals surface area contributed by atoms with E-state index in [1.165, 1.54) is 35.2 Å². The van der Waals surface area contributed by atoms with E-state index in [0.29, 0.717) is 0 Å². The highest BCUT2D eigenvalue weighted by Crippen LogP contribution is 2.29. The third-order valence-corrected chi connectivity index (χ3v) is 3.70. The molecule has 0 unspecified atom stereocenters. The first-order valence-electron chi connectivity index (χ1n) is 7.47. The molecular weight excluding hydrogens is 246 g/mol. The topological polar surface area (TPSA) is 21.3 Å². The van der Waals surface area contributed by atoms with E-state index in [2.05, 4.69) is 54.7 Å². The van der Waals surface area contributed by atoms with Gasteiger partial charge in [-0.3, -0.25) is 0 Å². The number of fused-ring (bicyclic) bond motifs is 1. The first-order chi connectivity index (χ1) is 9.86. The predicted molar refractivity (Wildman–Crippen MR) is 84.5 cm³/mol. The molecule has 1 heterocycles. The Hall–Kier alpha value is -1.96. The summed E-state index contributed by atoms with van der Waals surface area (Å²) in [6.45, 7) is 4.00. The van der Waals surface area contributed by atoms with E-state index in [0.717, 1.165) is 25.3 Å². The molecule has 2 aromatic carbocycles. The third-order valence-electron chi connectivity index (χ3n) is 3.70. The summed E-state index contributed by atoms with van der Waals surface area (Å²) in [5.41, 5.74) is 5.26. The molecule has 3 rings (SSSR count). The Morgan fingerprint density at radius 1 is 1.05 bits per heavy atom. The molecule has 0 spiro atoms. The van der Waals surface area contributed by atoms with E-state index >= 15 is 0 Å². The lowest BCUT2D eigenvalue weighted by Crippen LogP contribution is -2.11. The number of benzene rings is 2. The molecule has 0 aliphatic carbocycles. The van der Waals surface area contributed by atoms with Crippen molar-refractivity contribution in [2.45, 2.75) is 26.2 Å². The maximum Gasteiger partial charge on any atom is 0.119 e. The summed E-state index contributed by atoms with van der Waals surface area (Å²) >= 11 is 0. The first-order valence-corrected chi connectivity index (χ1v) is 7.47. The Labute approximate surface area is 120 Å². The number of hydrogen-bond donors (Lipinski definition) is 1. The molecule has 0 aromatic heterocycles. The van der Waals surface area contributed by atoms with Crippen LogP contribution >= 0.6 is 0 Å². The molecule has 104 valence electrons. The minimum atomic E-state index is 0.782. The van der Waals surface area contributed by atoms with Crippen LogP contribution in [0.5, 0.6) is 5.75 Å². The van der Waals surface area contributed by atoms with Crippen molar-refractivity contribution in [2.24, 2.45) is 0 Å². The van der Waals surface area contributed by atoms with Crippen LogP contribution in [-0.2, 0) is 6.42 Å². The Kier molecular flexibility index (Phi) is 3.91. The highest BCUT2D eigenvalue weighted by atomic mass is 16.5. The van der Waals surface area contributed by atoms with E-state index < -0.39 is 0 Å². The second-order valence-corrected chi connectivity index (χ2v) is 5.28. The lowest BCUT2D eigenvalue weighted by atomic mass is 9.97. The third kappa shape index (κ3) is 2.79. The van der Waals surface area contributed by atoms with Crippen LogP contribution in [0.4, 0.5) is 5.69 Å². The molecule has 0 radical (unpaired) electrons. The van der Waals surface area contributed by atoms with Crippen LogP contribution in [0.25, 0.3) is 11.1 Å². The normalized spacial score (nSPS) is 13.4. The zero-order chi connectivity index (χ0) is 13.8. The molecule has 2 heteroatoms. The fourth-order valence-electron chi connectivity index (χ4n) is 2.62. The SMILES string of the molecule is CCCOc1ccc(-c2ccc3c(c2)CCCN3)cc1. The molecule has 2 nitrogen and oxygen atoms in total. The standard InChI is InChI=1S/C18H21NO/c1-2-12-20-17-8-5-14(6-9-17)15-7-10-18-16(13-15)4-3-11-19-18/h5-10,13,19H,2-4,11-12H2,1H3. The Morgan fingerprint density at radius 3 is 2.65 bits per heavy atom. The Morgan fingerprint density at radius 2 is 1.85 bits per heavy atom. The summed E-state index contributed by atoms with van der Waals surface area (Å²) in [4.78, 5) is 0. The van der Waals surface area contributed by atoms with Gasteiger partial charge in [-0.25, -0.2) is 0 Å². The van der Waals surface area contributed by atoms with Crippen LogP contribution in [-0.4, -0.2) is 13.2 Å². The van der Waals surface area contributed by atoms with Gasteiger partial charge in [-0.2, -0.15) is 0 Å². The molecule has 0 bridgehead atoms. The number of anilines is 1. The minimum Gasteiger partial charge on any atom is -0.494 e. The largest absolute Gasteiger partial charge is 0.494 e. The molecule has 1 N–H and O–H groups in total. The molecule has 1 aliphatic heterocycles. The zero-order valence-electron chi connectivity index (χ0n) is 12.0. The van der Waals surface area contributed by atoms with Crippen molar-refractivity contribution in [2.75, 3.05) is 18.5 Å². The monoisotopic (exact) mass is 267 g/mol. The maximum atomic E-state index is 5.63. The van der Waals surface area contributed by atoms with Crippen molar-refractivity contribution in [3.63, 3.8) is 0 Å². The van der Waals surface area contributed by atoms with Gasteiger partial charge in [-0.15, -0.1) is 0 Å². The first kappa shape index (κ1) is 13.0. The lowest BCUT2D eigenvalue weighted by molar-refractivity contribution is 0.317. The summed E-state index contributed by atoms with van der Waals surface area (Å²) in [5.74, 6) is 0.954. The van der Waals surface area contributed by atoms with Gasteiger partial charge in [0.2, 0.25) is 0 Å². The van der Waals surface area contributed by atoms with Crippen LogP contribution in [0.3, 0.4) is 0 Å². The summed E-state index contributed by atoms with van der Waals surface area (Å²) in [6.07, 6.45) is 3.44. The van der Waals surface area contributed by atoms with Crippen molar-refractivity contribution in [1.82, 2.24) is 0 Å². The summed E-state index contributed by atoms with van der Waals surface area (Å²) < 4.78 is 5.63. The number of nitrogens with one attached hydrogen (secondary N) is 1. The molecule has 1 aliphatic rings. The highest BCUT2D eigenvalue weighted by Gasteiger charge is 2.09. The fourth-order valence-corrected chi connectivity index (χ4v) is 2.62. The molecule has 0 atom stereocenters. The van der Waals surface area contributed by atoms with Crippen molar-refractivity contribution in [3.05, 3.63) is 48.0 Å². The quantitative estimate of drug-likeness (QED) is 0.880. The highest BCUT2D eigenvalue weighted by molar-refractivity contribution is 5.69. The van der Waals surface area contributed by atoms with Crippen molar-refractivity contribution >= 4 is 5.69 Å². The van der Waals surface area contributed by atoms with E-state index in [1.54, 1.807) is 0 Å². The van der Waals surface area contributed by atoms with Crippen LogP contribution in [0.1, 0.15) is 25.3 Å². The van der Waals surface area contributed by atoms with E-state index in [9.17, 15) is 0 Å². The van der Waals surface area contributed by atoms with E-state index in [1.807, 2.05) is 0 Å². The minimum absolute atomic E-state index is 0.782. The number of aryl methyl sites for hydroxylation is 1. The zero-order valence-corrected chi connectivity index (χ0v) is 12.0. The molecule has 20 heavy (non-hydrogen) atoms. The average Bonchev–Trinajstić information content (AvgIpc) is 2.53. The molecule has 0 fully saturated rings. The van der Waals surface area contributed by atoms with Gasteiger partial charge in [0.05, 0.1) is 6.61 Å². The lowest BCUT2D eigenvalue weighted by Gasteiger charge is -2.18. The van der Waals surface area contributed by atoms with Crippen LogP contribution in [0.2, 0.25) is 0 Å². The summed E-state index contributed by atoms with van der Waals surface area (Å²) in [6, 6.07) is 15.1. The van der Waals surface area contributed by atoms with Gasteiger partial charge in [-0.1, -0.05) is 25.1 Å². The Balaban J connectivity index is 1.81. The van der Waals surface area contributed by atoms with Gasteiger partial charge in [0.25, 0.3) is 0 Å². The smallest absolute Gasteiger partial charge is 0.119 e. The predicted octanol–water partition coefficient (Wildman–Crippen LogP) is 4.50. The summed E-state index contributed by atoms with van der Waals surface area (Å²) in [7, 11) is 0. The van der Waals surface area contributed by atoms with E-state index in [4.69, 9.17) is 4.74 Å². The van der Waals surface area contributed by atoms with Gasteiger partial charge >= 0.3 is 0 Å². The maximum absolute atomic E-state index is 5.63. The molecule has 0 saturated heterocycles. The van der Waals surface area contributed by atoms with Gasteiger partial charge in [0.15, 0.2) is 0 Å². The van der Waals surface area contributed by atoms with Gasteiger partial charge in [0, 0.05) is 12.2 Å². The number of hydrogen-bond acceptors (Lipinski definition) is 2. The molecule has 0 amide bonds. The average molecular weight is 267 g/mol. The van der Waals surface area contributed by atoms with Crippen molar-refractivity contribution in [3.8, 4) is 16.9 Å². The number of ether oxygens (including phenoxy) is 1. The Bertz CT molecular complexity index is 574. The number of rotatable bonds is 4. The van der Waals surface area contributed by atoms with Crippen LogP contribution in [0, 0.1) is 0 Å². The van der Waals surface area contributed by atoms with E-state index in [-0.39, 0.29) is 0 Å². The van der Waals surface area contributed by atoms with Crippen LogP contribution in [0.15, 0.2) is 42.5 Å². The van der Waals surface area contributed by atoms with Gasteiger partial charge in [0.1, 0.15) is 5.75 Å². The fraction of sp³-hybridized carbons (Fsp3) is 0.333. The molecular formula is C18H21NO. The molecule has 0 saturated carbocycles.